The highest BCUT2D eigenvalue weighted by atomic mass is 32.2. The van der Waals surface area contributed by atoms with Crippen molar-refractivity contribution in [1.82, 2.24) is 9.62 Å². The lowest BCUT2D eigenvalue weighted by Crippen LogP contribution is -2.41. The molecule has 0 bridgehead atoms. The Morgan fingerprint density at radius 1 is 1.50 bits per heavy atom. The third-order valence-corrected chi connectivity index (χ3v) is 4.47. The molecule has 3 N–H and O–H groups in total. The molecule has 6 heteroatoms. The van der Waals surface area contributed by atoms with Crippen molar-refractivity contribution >= 4 is 10.0 Å². The van der Waals surface area contributed by atoms with Crippen molar-refractivity contribution in [2.45, 2.75) is 38.3 Å². The molecule has 0 heterocycles. The summed E-state index contributed by atoms with van der Waals surface area (Å²) in [7, 11) is -1.08. The second-order valence-electron chi connectivity index (χ2n) is 4.56. The van der Waals surface area contributed by atoms with Gasteiger partial charge in [0.2, 0.25) is 10.0 Å². The molecular weight excluding hydrogens is 226 g/mol. The van der Waals surface area contributed by atoms with Gasteiger partial charge in [-0.2, -0.15) is 0 Å². The molecule has 96 valence electrons. The molecule has 16 heavy (non-hydrogen) atoms. The summed E-state index contributed by atoms with van der Waals surface area (Å²) in [5.74, 6) is 0.128. The van der Waals surface area contributed by atoms with Gasteiger partial charge in [0.25, 0.3) is 0 Å². The van der Waals surface area contributed by atoms with Gasteiger partial charge in [-0.15, -0.1) is 0 Å². The number of nitrogens with one attached hydrogen (secondary N) is 1. The number of rotatable bonds is 8. The first-order valence-electron chi connectivity index (χ1n) is 5.85. The van der Waals surface area contributed by atoms with Crippen LogP contribution in [0.4, 0.5) is 0 Å². The molecule has 1 aliphatic rings. The van der Waals surface area contributed by atoms with E-state index in [2.05, 4.69) is 16.7 Å². The fraction of sp³-hybridized carbons (Fsp3) is 1.00. The van der Waals surface area contributed by atoms with Crippen LogP contribution in [0.2, 0.25) is 0 Å². The summed E-state index contributed by atoms with van der Waals surface area (Å²) in [6.45, 7) is 2.95. The van der Waals surface area contributed by atoms with E-state index in [4.69, 9.17) is 5.73 Å². The summed E-state index contributed by atoms with van der Waals surface area (Å²) in [4.78, 5) is 2.24. The molecule has 5 nitrogen and oxygen atoms in total. The van der Waals surface area contributed by atoms with Crippen molar-refractivity contribution in [1.29, 1.82) is 0 Å². The summed E-state index contributed by atoms with van der Waals surface area (Å²) in [5, 5.41) is 0. The van der Waals surface area contributed by atoms with E-state index in [-0.39, 0.29) is 11.8 Å². The SMILES string of the molecule is CC(CNS(=O)(=O)CCCN)N(C)C1CC1. The molecule has 0 amide bonds. The Kier molecular flexibility index (Phi) is 5.17. The molecule has 0 spiro atoms. The van der Waals surface area contributed by atoms with E-state index in [9.17, 15) is 8.42 Å². The summed E-state index contributed by atoms with van der Waals surface area (Å²) in [5.41, 5.74) is 5.29. The van der Waals surface area contributed by atoms with Crippen LogP contribution in [0.5, 0.6) is 0 Å². The maximum absolute atomic E-state index is 11.5. The van der Waals surface area contributed by atoms with Crippen LogP contribution >= 0.6 is 0 Å². The monoisotopic (exact) mass is 249 g/mol. The molecule has 0 radical (unpaired) electrons. The van der Waals surface area contributed by atoms with Crippen LogP contribution in [0, 0.1) is 0 Å². The van der Waals surface area contributed by atoms with Crippen molar-refractivity contribution in [2.24, 2.45) is 5.73 Å². The fourth-order valence-electron chi connectivity index (χ4n) is 1.58. The van der Waals surface area contributed by atoms with E-state index in [0.717, 1.165) is 0 Å². The predicted molar refractivity (Wildman–Crippen MR) is 65.7 cm³/mol. The molecule has 0 aromatic carbocycles. The number of nitrogens with two attached hydrogens (primary N) is 1. The van der Waals surface area contributed by atoms with Crippen LogP contribution in [0.1, 0.15) is 26.2 Å². The van der Waals surface area contributed by atoms with Gasteiger partial charge in [-0.25, -0.2) is 13.1 Å². The Morgan fingerprint density at radius 3 is 2.62 bits per heavy atom. The summed E-state index contributed by atoms with van der Waals surface area (Å²) in [6, 6.07) is 0.906. The topological polar surface area (TPSA) is 75.4 Å². The zero-order chi connectivity index (χ0) is 12.2. The van der Waals surface area contributed by atoms with Gasteiger partial charge in [0, 0.05) is 18.6 Å². The number of hydrogen-bond acceptors (Lipinski definition) is 4. The van der Waals surface area contributed by atoms with Crippen LogP contribution < -0.4 is 10.5 Å². The minimum Gasteiger partial charge on any atom is -0.330 e. The second kappa shape index (κ2) is 5.95. The Morgan fingerprint density at radius 2 is 2.12 bits per heavy atom. The Labute approximate surface area is 98.4 Å². The minimum atomic E-state index is -3.13. The van der Waals surface area contributed by atoms with Crippen LogP contribution in [-0.4, -0.2) is 51.3 Å². The van der Waals surface area contributed by atoms with E-state index in [1.165, 1.54) is 12.8 Å². The highest BCUT2D eigenvalue weighted by molar-refractivity contribution is 7.89. The zero-order valence-corrected chi connectivity index (χ0v) is 11.0. The molecule has 1 fully saturated rings. The quantitative estimate of drug-likeness (QED) is 0.621. The fourth-order valence-corrected chi connectivity index (χ4v) is 2.76. The molecule has 1 unspecified atom stereocenters. The third-order valence-electron chi connectivity index (χ3n) is 3.03. The Balaban J connectivity index is 2.26. The van der Waals surface area contributed by atoms with Crippen molar-refractivity contribution in [3.8, 4) is 0 Å². The molecule has 1 aliphatic carbocycles. The van der Waals surface area contributed by atoms with Gasteiger partial charge >= 0.3 is 0 Å². The lowest BCUT2D eigenvalue weighted by molar-refractivity contribution is 0.248. The van der Waals surface area contributed by atoms with Gasteiger partial charge in [0.05, 0.1) is 5.75 Å². The first kappa shape index (κ1) is 13.9. The van der Waals surface area contributed by atoms with Gasteiger partial charge in [-0.05, 0) is 39.8 Å². The predicted octanol–water partition coefficient (Wildman–Crippen LogP) is -0.263. The van der Waals surface area contributed by atoms with E-state index in [1.54, 1.807) is 0 Å². The normalized spacial score (nSPS) is 19.0. The molecule has 1 saturated carbocycles. The second-order valence-corrected chi connectivity index (χ2v) is 6.48. The number of sulfonamides is 1. The van der Waals surface area contributed by atoms with Crippen molar-refractivity contribution < 1.29 is 8.42 Å². The van der Waals surface area contributed by atoms with Gasteiger partial charge in [-0.1, -0.05) is 0 Å². The lowest BCUT2D eigenvalue weighted by Gasteiger charge is -2.24. The molecule has 0 saturated heterocycles. The van der Waals surface area contributed by atoms with Crippen LogP contribution in [0.15, 0.2) is 0 Å². The van der Waals surface area contributed by atoms with Crippen LogP contribution in [0.3, 0.4) is 0 Å². The molecule has 0 aromatic heterocycles. The van der Waals surface area contributed by atoms with Gasteiger partial charge < -0.3 is 5.73 Å². The highest BCUT2D eigenvalue weighted by Gasteiger charge is 2.29. The van der Waals surface area contributed by atoms with Crippen molar-refractivity contribution in [2.75, 3.05) is 25.9 Å². The molecule has 0 aromatic rings. The first-order valence-corrected chi connectivity index (χ1v) is 7.51. The number of likely N-dealkylation sites (N-methyl/N-ethyl adjacent to an activating group) is 1. The van der Waals surface area contributed by atoms with E-state index < -0.39 is 10.0 Å². The van der Waals surface area contributed by atoms with E-state index in [0.29, 0.717) is 25.6 Å². The maximum atomic E-state index is 11.5. The Hall–Kier alpha value is -0.170. The standard InChI is InChI=1S/C10H23N3O2S/c1-9(13(2)10-4-5-10)8-12-16(14,15)7-3-6-11/h9-10,12H,3-8,11H2,1-2H3. The molecule has 1 atom stereocenters. The van der Waals surface area contributed by atoms with Crippen LogP contribution in [0.25, 0.3) is 0 Å². The van der Waals surface area contributed by atoms with Crippen molar-refractivity contribution in [3.63, 3.8) is 0 Å². The van der Waals surface area contributed by atoms with Gasteiger partial charge in [-0.3, -0.25) is 4.90 Å². The van der Waals surface area contributed by atoms with Crippen molar-refractivity contribution in [3.05, 3.63) is 0 Å². The lowest BCUT2D eigenvalue weighted by atomic mass is 10.3. The average Bonchev–Trinajstić information content (AvgIpc) is 3.06. The maximum Gasteiger partial charge on any atom is 0.211 e. The zero-order valence-electron chi connectivity index (χ0n) is 10.1. The number of nitrogens with zero attached hydrogens (tertiary/aromatic N) is 1. The average molecular weight is 249 g/mol. The van der Waals surface area contributed by atoms with Crippen LogP contribution in [-0.2, 0) is 10.0 Å². The van der Waals surface area contributed by atoms with Gasteiger partial charge in [0.1, 0.15) is 0 Å². The van der Waals surface area contributed by atoms with E-state index >= 15 is 0 Å². The molecular formula is C10H23N3O2S. The smallest absolute Gasteiger partial charge is 0.211 e. The molecule has 1 rings (SSSR count). The minimum absolute atomic E-state index is 0.128. The first-order chi connectivity index (χ1) is 7.46. The molecule has 0 aliphatic heterocycles. The van der Waals surface area contributed by atoms with Gasteiger partial charge in [0.15, 0.2) is 0 Å². The largest absolute Gasteiger partial charge is 0.330 e. The number of hydrogen-bond donors (Lipinski definition) is 2. The summed E-state index contributed by atoms with van der Waals surface area (Å²) in [6.07, 6.45) is 2.99. The highest BCUT2D eigenvalue weighted by Crippen LogP contribution is 2.26. The summed E-state index contributed by atoms with van der Waals surface area (Å²) >= 11 is 0. The van der Waals surface area contributed by atoms with E-state index in [1.807, 2.05) is 6.92 Å². The Bertz CT molecular complexity index is 301. The summed E-state index contributed by atoms with van der Waals surface area (Å²) < 4.78 is 25.7. The third kappa shape index (κ3) is 4.78.